The van der Waals surface area contributed by atoms with Gasteiger partial charge in [0, 0.05) is 17.3 Å². The van der Waals surface area contributed by atoms with Gasteiger partial charge in [-0.2, -0.15) is 0 Å². The number of anilines is 1. The number of nitrogens with one attached hydrogen (secondary N) is 3. The van der Waals surface area contributed by atoms with Gasteiger partial charge in [0.15, 0.2) is 15.6 Å². The number of benzene rings is 1. The molecule has 0 spiro atoms. The summed E-state index contributed by atoms with van der Waals surface area (Å²) < 4.78 is 22.7. The number of hydrogen-bond donors (Lipinski definition) is 3. The molecule has 0 aromatic heterocycles. The monoisotopic (exact) mass is 367 g/mol. The minimum absolute atomic E-state index is 0.0598. The van der Waals surface area contributed by atoms with Crippen LogP contribution in [0.25, 0.3) is 0 Å². The average molecular weight is 367 g/mol. The Labute approximate surface area is 146 Å². The number of carbonyl (C=O) groups excluding carboxylic acids is 3. The van der Waals surface area contributed by atoms with Gasteiger partial charge >= 0.3 is 6.03 Å². The van der Waals surface area contributed by atoms with E-state index in [-0.39, 0.29) is 17.3 Å². The largest absolute Gasteiger partial charge is 0.334 e. The minimum atomic E-state index is -3.08. The molecule has 1 aliphatic heterocycles. The predicted molar refractivity (Wildman–Crippen MR) is 93.3 cm³/mol. The first-order chi connectivity index (χ1) is 11.7. The van der Waals surface area contributed by atoms with Gasteiger partial charge < -0.3 is 16.0 Å². The molecular weight excluding hydrogens is 346 g/mol. The van der Waals surface area contributed by atoms with Crippen LogP contribution in [0.15, 0.2) is 24.3 Å². The topological polar surface area (TPSA) is 121 Å². The molecule has 25 heavy (non-hydrogen) atoms. The SMILES string of the molecule is CC(=O)c1ccc(NC(=O)[C@H](C)NC(=O)NC2CCS(=O)(=O)C2)cc1. The fourth-order valence-corrected chi connectivity index (χ4v) is 4.11. The summed E-state index contributed by atoms with van der Waals surface area (Å²) in [4.78, 5) is 35.2. The molecular formula is C16H21N3O5S. The Balaban J connectivity index is 1.83. The molecule has 2 rings (SSSR count). The number of amides is 3. The van der Waals surface area contributed by atoms with Crippen LogP contribution >= 0.6 is 0 Å². The number of Topliss-reactive ketones (excluding diaryl/α,β-unsaturated/α-hetero) is 1. The number of carbonyl (C=O) groups is 3. The van der Waals surface area contributed by atoms with E-state index in [1.54, 1.807) is 24.3 Å². The molecule has 0 saturated carbocycles. The van der Waals surface area contributed by atoms with Crippen LogP contribution in [0.1, 0.15) is 30.6 Å². The number of hydrogen-bond acceptors (Lipinski definition) is 5. The van der Waals surface area contributed by atoms with Gasteiger partial charge in [0.05, 0.1) is 11.5 Å². The van der Waals surface area contributed by atoms with E-state index in [4.69, 9.17) is 0 Å². The third-order valence-corrected chi connectivity index (χ3v) is 5.64. The van der Waals surface area contributed by atoms with Crippen molar-refractivity contribution in [3.05, 3.63) is 29.8 Å². The zero-order valence-electron chi connectivity index (χ0n) is 14.0. The fourth-order valence-electron chi connectivity index (χ4n) is 2.44. The highest BCUT2D eigenvalue weighted by Crippen LogP contribution is 2.12. The van der Waals surface area contributed by atoms with Gasteiger partial charge in [-0.1, -0.05) is 0 Å². The van der Waals surface area contributed by atoms with Gasteiger partial charge in [-0.3, -0.25) is 9.59 Å². The van der Waals surface area contributed by atoms with Gasteiger partial charge in [0.1, 0.15) is 6.04 Å². The average Bonchev–Trinajstić information content (AvgIpc) is 2.86. The molecule has 1 heterocycles. The Bertz CT molecular complexity index is 773. The first-order valence-corrected chi connectivity index (χ1v) is 9.68. The van der Waals surface area contributed by atoms with Gasteiger partial charge in [-0.25, -0.2) is 13.2 Å². The van der Waals surface area contributed by atoms with Gasteiger partial charge in [0.25, 0.3) is 0 Å². The molecule has 3 amide bonds. The van der Waals surface area contributed by atoms with E-state index < -0.39 is 33.9 Å². The number of ketones is 1. The van der Waals surface area contributed by atoms with Crippen LogP contribution in [-0.2, 0) is 14.6 Å². The highest BCUT2D eigenvalue weighted by molar-refractivity contribution is 7.91. The van der Waals surface area contributed by atoms with E-state index in [2.05, 4.69) is 16.0 Å². The molecule has 1 aliphatic rings. The van der Waals surface area contributed by atoms with Gasteiger partial charge in [-0.15, -0.1) is 0 Å². The second-order valence-corrected chi connectivity index (χ2v) is 8.29. The van der Waals surface area contributed by atoms with Crippen molar-refractivity contribution in [2.24, 2.45) is 0 Å². The Kier molecular flexibility index (Phi) is 5.78. The van der Waals surface area contributed by atoms with Crippen LogP contribution in [0.5, 0.6) is 0 Å². The summed E-state index contributed by atoms with van der Waals surface area (Å²) >= 11 is 0. The highest BCUT2D eigenvalue weighted by atomic mass is 32.2. The van der Waals surface area contributed by atoms with Crippen LogP contribution in [0.2, 0.25) is 0 Å². The quantitative estimate of drug-likeness (QED) is 0.662. The summed E-state index contributed by atoms with van der Waals surface area (Å²) in [5.41, 5.74) is 1.04. The van der Waals surface area contributed by atoms with Crippen molar-refractivity contribution in [1.29, 1.82) is 0 Å². The zero-order chi connectivity index (χ0) is 18.6. The molecule has 2 atom stereocenters. The molecule has 0 aliphatic carbocycles. The van der Waals surface area contributed by atoms with E-state index in [0.29, 0.717) is 17.7 Å². The summed E-state index contributed by atoms with van der Waals surface area (Å²) in [6.45, 7) is 2.97. The molecule has 136 valence electrons. The van der Waals surface area contributed by atoms with Crippen molar-refractivity contribution in [3.63, 3.8) is 0 Å². The molecule has 3 N–H and O–H groups in total. The lowest BCUT2D eigenvalue weighted by Gasteiger charge is -2.17. The van der Waals surface area contributed by atoms with E-state index in [9.17, 15) is 22.8 Å². The lowest BCUT2D eigenvalue weighted by atomic mass is 10.1. The Hall–Kier alpha value is -2.42. The first kappa shape index (κ1) is 18.9. The van der Waals surface area contributed by atoms with Crippen LogP contribution in [-0.4, -0.2) is 49.7 Å². The molecule has 0 bridgehead atoms. The molecule has 1 unspecified atom stereocenters. The second-order valence-electron chi connectivity index (χ2n) is 6.06. The summed E-state index contributed by atoms with van der Waals surface area (Å²) in [6.07, 6.45) is 0.374. The summed E-state index contributed by atoms with van der Waals surface area (Å²) in [6, 6.07) is 4.57. The normalized spacial score (nSPS) is 19.7. The van der Waals surface area contributed by atoms with Gasteiger partial charge in [-0.05, 0) is 44.5 Å². The Morgan fingerprint density at radius 2 is 1.80 bits per heavy atom. The van der Waals surface area contributed by atoms with Crippen LogP contribution < -0.4 is 16.0 Å². The maximum Gasteiger partial charge on any atom is 0.315 e. The standard InChI is InChI=1S/C16H21N3O5S/c1-10(17-16(22)19-14-7-8-25(23,24)9-14)15(21)18-13-5-3-12(4-6-13)11(2)20/h3-6,10,14H,7-9H2,1-2H3,(H,18,21)(H2,17,19,22)/t10-,14?/m0/s1. The van der Waals surface area contributed by atoms with E-state index in [0.717, 1.165) is 0 Å². The summed E-state index contributed by atoms with van der Waals surface area (Å²) in [5, 5.41) is 7.66. The lowest BCUT2D eigenvalue weighted by molar-refractivity contribution is -0.117. The summed E-state index contributed by atoms with van der Waals surface area (Å²) in [5.74, 6) is -0.517. The third-order valence-electron chi connectivity index (χ3n) is 3.87. The second kappa shape index (κ2) is 7.64. The van der Waals surface area contributed by atoms with Crippen LogP contribution in [0.3, 0.4) is 0 Å². The van der Waals surface area contributed by atoms with Crippen molar-refractivity contribution in [3.8, 4) is 0 Å². The van der Waals surface area contributed by atoms with Crippen LogP contribution in [0, 0.1) is 0 Å². The minimum Gasteiger partial charge on any atom is -0.334 e. The Morgan fingerprint density at radius 1 is 1.16 bits per heavy atom. The molecule has 1 aromatic carbocycles. The molecule has 1 fully saturated rings. The first-order valence-electron chi connectivity index (χ1n) is 7.85. The molecule has 0 radical (unpaired) electrons. The van der Waals surface area contributed by atoms with Crippen molar-refractivity contribution in [1.82, 2.24) is 10.6 Å². The van der Waals surface area contributed by atoms with Crippen molar-refractivity contribution >= 4 is 33.2 Å². The number of sulfone groups is 1. The zero-order valence-corrected chi connectivity index (χ0v) is 14.9. The predicted octanol–water partition coefficient (Wildman–Crippen LogP) is 0.703. The molecule has 1 aromatic rings. The highest BCUT2D eigenvalue weighted by Gasteiger charge is 2.29. The fraction of sp³-hybridized carbons (Fsp3) is 0.438. The molecule has 9 heteroatoms. The maximum absolute atomic E-state index is 12.1. The smallest absolute Gasteiger partial charge is 0.315 e. The van der Waals surface area contributed by atoms with Crippen LogP contribution in [0.4, 0.5) is 10.5 Å². The molecule has 8 nitrogen and oxygen atoms in total. The van der Waals surface area contributed by atoms with Crippen molar-refractivity contribution in [2.45, 2.75) is 32.4 Å². The number of rotatable bonds is 5. The van der Waals surface area contributed by atoms with Gasteiger partial charge in [0.2, 0.25) is 5.91 Å². The summed E-state index contributed by atoms with van der Waals surface area (Å²) in [7, 11) is -3.08. The number of urea groups is 1. The Morgan fingerprint density at radius 3 is 2.32 bits per heavy atom. The third kappa shape index (κ3) is 5.56. The van der Waals surface area contributed by atoms with Crippen molar-refractivity contribution in [2.75, 3.05) is 16.8 Å². The molecule has 1 saturated heterocycles. The van der Waals surface area contributed by atoms with E-state index in [1.165, 1.54) is 13.8 Å². The van der Waals surface area contributed by atoms with E-state index >= 15 is 0 Å². The lowest BCUT2D eigenvalue weighted by Crippen LogP contribution is -2.49. The van der Waals surface area contributed by atoms with Crippen molar-refractivity contribution < 1.29 is 22.8 Å². The van der Waals surface area contributed by atoms with E-state index in [1.807, 2.05) is 0 Å². The maximum atomic E-state index is 12.1.